The van der Waals surface area contributed by atoms with Crippen LogP contribution in [-0.4, -0.2) is 48.6 Å². The van der Waals surface area contributed by atoms with E-state index >= 15 is 0 Å². The number of halogens is 1. The van der Waals surface area contributed by atoms with Gasteiger partial charge in [0, 0.05) is 41.3 Å². The van der Waals surface area contributed by atoms with E-state index in [9.17, 15) is 5.11 Å². The van der Waals surface area contributed by atoms with Crippen molar-refractivity contribution >= 4 is 21.6 Å². The molecule has 0 radical (unpaired) electrons. The van der Waals surface area contributed by atoms with Crippen LogP contribution in [-0.2, 0) is 0 Å². The molecule has 4 rings (SSSR count). The summed E-state index contributed by atoms with van der Waals surface area (Å²) in [7, 11) is 3.74. The molecule has 0 saturated carbocycles. The number of rotatable bonds is 3. The molecule has 5 nitrogen and oxygen atoms in total. The van der Waals surface area contributed by atoms with Crippen molar-refractivity contribution in [2.24, 2.45) is 4.99 Å². The summed E-state index contributed by atoms with van der Waals surface area (Å²) >= 11 is 3.52. The van der Waals surface area contributed by atoms with Gasteiger partial charge >= 0.3 is 0 Å². The molecule has 28 heavy (non-hydrogen) atoms. The Labute approximate surface area is 174 Å². The van der Waals surface area contributed by atoms with Crippen LogP contribution in [0.5, 0.6) is 11.5 Å². The molecule has 1 atom stereocenters. The Hall–Kier alpha value is -1.89. The van der Waals surface area contributed by atoms with E-state index in [-0.39, 0.29) is 17.5 Å². The summed E-state index contributed by atoms with van der Waals surface area (Å²) in [6, 6.07) is 14.0. The van der Waals surface area contributed by atoms with E-state index in [2.05, 4.69) is 57.5 Å². The van der Waals surface area contributed by atoms with Gasteiger partial charge < -0.3 is 14.7 Å². The molecule has 1 fully saturated rings. The first-order valence-electron chi connectivity index (χ1n) is 9.66. The van der Waals surface area contributed by atoms with Crippen LogP contribution in [0.15, 0.2) is 51.9 Å². The minimum atomic E-state index is -0.298. The highest BCUT2D eigenvalue weighted by atomic mass is 79.9. The van der Waals surface area contributed by atoms with Gasteiger partial charge in [-0.25, -0.2) is 0 Å². The molecule has 2 aromatic carbocycles. The fourth-order valence-electron chi connectivity index (χ4n) is 4.15. The second kappa shape index (κ2) is 7.85. The fraction of sp³-hybridized carbons (Fsp3) is 0.409. The predicted molar refractivity (Wildman–Crippen MR) is 115 cm³/mol. The maximum atomic E-state index is 10.7. The average Bonchev–Trinajstić information content (AvgIpc) is 2.71. The second-order valence-corrected chi connectivity index (χ2v) is 8.62. The van der Waals surface area contributed by atoms with Crippen molar-refractivity contribution in [2.75, 3.05) is 27.2 Å². The molecule has 1 saturated heterocycles. The lowest BCUT2D eigenvalue weighted by Crippen LogP contribution is -2.55. The Morgan fingerprint density at radius 2 is 1.89 bits per heavy atom. The average molecular weight is 444 g/mol. The lowest BCUT2D eigenvalue weighted by molar-refractivity contribution is 0.144. The van der Waals surface area contributed by atoms with Gasteiger partial charge in [0.25, 0.3) is 0 Å². The smallest absolute Gasteiger partial charge is 0.162 e. The maximum absolute atomic E-state index is 10.7. The van der Waals surface area contributed by atoms with Gasteiger partial charge in [-0.2, -0.15) is 0 Å². The number of piperidine rings is 1. The van der Waals surface area contributed by atoms with Crippen molar-refractivity contribution in [2.45, 2.75) is 31.0 Å². The standard InChI is InChI=1S/C22H26BrN3O2/c1-26-12-10-22(11-13-26)24-18(15-6-8-16(23)9-7-15)14-19(25-22)17-4-3-5-20(28-2)21(17)27/h3-9,19,25,27H,10-14H2,1-2H3/t19-/m0/s1. The molecule has 2 aliphatic rings. The monoisotopic (exact) mass is 443 g/mol. The summed E-state index contributed by atoms with van der Waals surface area (Å²) in [6.07, 6.45) is 2.62. The number of nitrogens with zero attached hydrogens (tertiary/aromatic N) is 2. The van der Waals surface area contributed by atoms with Crippen molar-refractivity contribution in [1.29, 1.82) is 0 Å². The molecule has 0 aromatic heterocycles. The van der Waals surface area contributed by atoms with Gasteiger partial charge in [0.05, 0.1) is 7.11 Å². The Kier molecular flexibility index (Phi) is 5.45. The summed E-state index contributed by atoms with van der Waals surface area (Å²) in [5, 5.41) is 14.5. The molecule has 0 amide bonds. The minimum absolute atomic E-state index is 0.0188. The molecule has 2 aliphatic heterocycles. The maximum Gasteiger partial charge on any atom is 0.162 e. The van der Waals surface area contributed by atoms with Crippen molar-refractivity contribution < 1.29 is 9.84 Å². The number of phenolic OH excluding ortho intramolecular Hbond substituents is 1. The van der Waals surface area contributed by atoms with Crippen LogP contribution in [0.2, 0.25) is 0 Å². The van der Waals surface area contributed by atoms with E-state index < -0.39 is 0 Å². The molecule has 2 heterocycles. The molecular weight excluding hydrogens is 418 g/mol. The number of aliphatic imine (C=N–C) groups is 1. The second-order valence-electron chi connectivity index (χ2n) is 7.70. The van der Waals surface area contributed by atoms with Crippen LogP contribution < -0.4 is 10.1 Å². The van der Waals surface area contributed by atoms with Crippen LogP contribution in [0.25, 0.3) is 0 Å². The number of hydrogen-bond acceptors (Lipinski definition) is 5. The SMILES string of the molecule is COc1cccc([C@@H]2CC(c3ccc(Br)cc3)=NC3(CCN(C)CC3)N2)c1O. The molecule has 1 spiro atoms. The third-order valence-electron chi connectivity index (χ3n) is 5.81. The zero-order valence-corrected chi connectivity index (χ0v) is 17.9. The molecule has 0 unspecified atom stereocenters. The van der Waals surface area contributed by atoms with Gasteiger partial charge in [-0.15, -0.1) is 0 Å². The molecule has 148 valence electrons. The van der Waals surface area contributed by atoms with Crippen LogP contribution in [0.3, 0.4) is 0 Å². The van der Waals surface area contributed by atoms with Crippen LogP contribution >= 0.6 is 15.9 Å². The van der Waals surface area contributed by atoms with Gasteiger partial charge in [0.15, 0.2) is 11.5 Å². The van der Waals surface area contributed by atoms with E-state index in [1.54, 1.807) is 13.2 Å². The lowest BCUT2D eigenvalue weighted by Gasteiger charge is -2.44. The highest BCUT2D eigenvalue weighted by Gasteiger charge is 2.40. The summed E-state index contributed by atoms with van der Waals surface area (Å²) in [5.74, 6) is 0.715. The van der Waals surface area contributed by atoms with Gasteiger partial charge in [0.2, 0.25) is 0 Å². The van der Waals surface area contributed by atoms with E-state index in [0.717, 1.165) is 53.7 Å². The van der Waals surface area contributed by atoms with Crippen molar-refractivity contribution in [3.63, 3.8) is 0 Å². The van der Waals surface area contributed by atoms with Gasteiger partial charge in [-0.05, 0) is 43.7 Å². The van der Waals surface area contributed by atoms with E-state index in [1.165, 1.54) is 0 Å². The normalized spacial score (nSPS) is 22.1. The van der Waals surface area contributed by atoms with Gasteiger partial charge in [0.1, 0.15) is 5.66 Å². The van der Waals surface area contributed by atoms with Gasteiger partial charge in [-0.1, -0.05) is 40.2 Å². The molecular formula is C22H26BrN3O2. The van der Waals surface area contributed by atoms with E-state index in [4.69, 9.17) is 9.73 Å². The third kappa shape index (κ3) is 3.81. The first kappa shape index (κ1) is 19.4. The minimum Gasteiger partial charge on any atom is -0.504 e. The number of hydrogen-bond donors (Lipinski definition) is 2. The van der Waals surface area contributed by atoms with Crippen molar-refractivity contribution in [3.8, 4) is 11.5 Å². The summed E-state index contributed by atoms with van der Waals surface area (Å²) in [6.45, 7) is 2.00. The Morgan fingerprint density at radius 1 is 1.18 bits per heavy atom. The largest absolute Gasteiger partial charge is 0.504 e. The molecule has 2 N–H and O–H groups in total. The first-order valence-corrected chi connectivity index (χ1v) is 10.5. The van der Waals surface area contributed by atoms with Crippen molar-refractivity contribution in [3.05, 3.63) is 58.1 Å². The highest BCUT2D eigenvalue weighted by Crippen LogP contribution is 2.40. The summed E-state index contributed by atoms with van der Waals surface area (Å²) in [5.41, 5.74) is 2.79. The molecule has 0 bridgehead atoms. The van der Waals surface area contributed by atoms with E-state index in [1.807, 2.05) is 12.1 Å². The number of aromatic hydroxyl groups is 1. The quantitative estimate of drug-likeness (QED) is 0.749. The number of para-hydroxylation sites is 1. The molecule has 6 heteroatoms. The Bertz CT molecular complexity index is 874. The van der Waals surface area contributed by atoms with E-state index in [0.29, 0.717) is 5.75 Å². The number of phenols is 1. The zero-order chi connectivity index (χ0) is 19.7. The third-order valence-corrected chi connectivity index (χ3v) is 6.34. The Balaban J connectivity index is 1.74. The lowest BCUT2D eigenvalue weighted by atomic mass is 9.87. The number of likely N-dealkylation sites (tertiary alicyclic amines) is 1. The molecule has 0 aliphatic carbocycles. The Morgan fingerprint density at radius 3 is 2.57 bits per heavy atom. The highest BCUT2D eigenvalue weighted by molar-refractivity contribution is 9.10. The summed E-state index contributed by atoms with van der Waals surface area (Å²) in [4.78, 5) is 7.55. The number of nitrogens with one attached hydrogen (secondary N) is 1. The first-order chi connectivity index (χ1) is 13.5. The fourth-order valence-corrected chi connectivity index (χ4v) is 4.41. The van der Waals surface area contributed by atoms with Crippen molar-refractivity contribution in [1.82, 2.24) is 10.2 Å². The molecule has 2 aromatic rings. The number of methoxy groups -OCH3 is 1. The number of ether oxygens (including phenoxy) is 1. The van der Waals surface area contributed by atoms with Crippen LogP contribution in [0.4, 0.5) is 0 Å². The van der Waals surface area contributed by atoms with Gasteiger partial charge in [-0.3, -0.25) is 10.3 Å². The van der Waals surface area contributed by atoms with Crippen LogP contribution in [0.1, 0.15) is 36.4 Å². The van der Waals surface area contributed by atoms with Crippen LogP contribution in [0, 0.1) is 0 Å². The predicted octanol–water partition coefficient (Wildman–Crippen LogP) is 4.11. The topological polar surface area (TPSA) is 57.1 Å². The summed E-state index contributed by atoms with van der Waals surface area (Å²) < 4.78 is 6.39. The number of benzene rings is 2. The zero-order valence-electron chi connectivity index (χ0n) is 16.3.